The van der Waals surface area contributed by atoms with Gasteiger partial charge in [-0.25, -0.2) is 18.2 Å². The fourth-order valence-corrected chi connectivity index (χ4v) is 5.41. The highest BCUT2D eigenvalue weighted by Crippen LogP contribution is 2.42. The van der Waals surface area contributed by atoms with Crippen molar-refractivity contribution in [2.24, 2.45) is 10.9 Å². The molecular weight excluding hydrogens is 541 g/mol. The van der Waals surface area contributed by atoms with E-state index >= 15 is 0 Å². The number of carbonyl (C=O) groups excluding carboxylic acids is 2. The molecule has 2 aromatic carbocycles. The molecule has 7 nitrogen and oxygen atoms in total. The highest BCUT2D eigenvalue weighted by molar-refractivity contribution is 7.21. The molecule has 1 unspecified atom stereocenters. The lowest BCUT2D eigenvalue weighted by molar-refractivity contribution is -0.125. The maximum Gasteiger partial charge on any atom is 0.280 e. The number of nitrogens with two attached hydrogens (primary N) is 1. The number of aryl methyl sites for hydroxylation is 1. The molecule has 2 amide bonds. The first-order chi connectivity index (χ1) is 18.1. The minimum atomic E-state index is -2.87. The predicted octanol–water partition coefficient (Wildman–Crippen LogP) is 6.23. The second-order valence-corrected chi connectivity index (χ2v) is 9.94. The van der Waals surface area contributed by atoms with E-state index in [4.69, 9.17) is 22.2 Å². The number of alkyl halides is 2. The number of thiophene rings is 1. The first-order valence-electron chi connectivity index (χ1n) is 11.2. The molecule has 0 fully saturated rings. The first kappa shape index (κ1) is 25.7. The second-order valence-electron chi connectivity index (χ2n) is 8.53. The van der Waals surface area contributed by atoms with Gasteiger partial charge in [-0.2, -0.15) is 0 Å². The molecule has 3 heterocycles. The van der Waals surface area contributed by atoms with E-state index in [0.717, 1.165) is 16.9 Å². The number of hydrogen-bond donors (Lipinski definition) is 2. The van der Waals surface area contributed by atoms with E-state index in [1.54, 1.807) is 12.1 Å². The van der Waals surface area contributed by atoms with Gasteiger partial charge in [0.25, 0.3) is 18.2 Å². The molecule has 0 aliphatic carbocycles. The van der Waals surface area contributed by atoms with Gasteiger partial charge in [0, 0.05) is 11.8 Å². The van der Waals surface area contributed by atoms with Crippen LogP contribution in [0.2, 0.25) is 5.02 Å². The summed E-state index contributed by atoms with van der Waals surface area (Å²) in [5.74, 6) is -2.20. The zero-order valence-electron chi connectivity index (χ0n) is 19.6. The Morgan fingerprint density at radius 3 is 2.61 bits per heavy atom. The third-order valence-electron chi connectivity index (χ3n) is 5.95. The van der Waals surface area contributed by atoms with Gasteiger partial charge < -0.3 is 15.9 Å². The number of fused-ring (bicyclic) bond motifs is 1. The minimum absolute atomic E-state index is 0.0207. The Morgan fingerprint density at radius 1 is 1.21 bits per heavy atom. The molecule has 1 aliphatic heterocycles. The van der Waals surface area contributed by atoms with Gasteiger partial charge in [-0.1, -0.05) is 52.7 Å². The maximum absolute atomic E-state index is 14.3. The van der Waals surface area contributed by atoms with Crippen molar-refractivity contribution >= 4 is 56.4 Å². The Morgan fingerprint density at radius 2 is 1.95 bits per heavy atom. The topological polar surface area (TPSA) is 107 Å². The molecular formula is C26H18ClF3N4O3S. The van der Waals surface area contributed by atoms with Gasteiger partial charge in [0.1, 0.15) is 21.2 Å². The van der Waals surface area contributed by atoms with Crippen molar-refractivity contribution in [3.63, 3.8) is 0 Å². The molecule has 0 saturated carbocycles. The standard InChI is InChI=1S/C26H18ClF3N4O3S/c1-11-5-7-12(8-6-11)13-9-17(23(29)30)32-26-19(13)21(22(38-26)24(31)35)33-25(36)18-10-16(34-37-18)20-14(27)3-2-4-15(20)28/h2-9,18,23H,10H2,1H3,(H2,31,35)(H,33,36). The Balaban J connectivity index is 1.55. The lowest BCUT2D eigenvalue weighted by Crippen LogP contribution is -2.29. The number of rotatable bonds is 6. The summed E-state index contributed by atoms with van der Waals surface area (Å²) in [5, 5.41) is 6.86. The zero-order chi connectivity index (χ0) is 27.1. The number of anilines is 1. The third-order valence-corrected chi connectivity index (χ3v) is 7.37. The molecule has 1 aliphatic rings. The van der Waals surface area contributed by atoms with Gasteiger partial charge >= 0.3 is 0 Å². The Kier molecular flexibility index (Phi) is 6.80. The molecule has 194 valence electrons. The van der Waals surface area contributed by atoms with Gasteiger partial charge in [-0.3, -0.25) is 9.59 Å². The van der Waals surface area contributed by atoms with Crippen LogP contribution in [-0.2, 0) is 9.63 Å². The van der Waals surface area contributed by atoms with E-state index < -0.39 is 35.9 Å². The van der Waals surface area contributed by atoms with Gasteiger partial charge in [-0.15, -0.1) is 11.3 Å². The summed E-state index contributed by atoms with van der Waals surface area (Å²) in [6.45, 7) is 1.88. The third kappa shape index (κ3) is 4.70. The number of amides is 2. The monoisotopic (exact) mass is 558 g/mol. The largest absolute Gasteiger partial charge is 0.382 e. The van der Waals surface area contributed by atoms with Crippen molar-refractivity contribution < 1.29 is 27.6 Å². The number of nitrogens with one attached hydrogen (secondary N) is 1. The lowest BCUT2D eigenvalue weighted by Gasteiger charge is -2.13. The van der Waals surface area contributed by atoms with E-state index in [1.807, 2.05) is 19.1 Å². The smallest absolute Gasteiger partial charge is 0.280 e. The maximum atomic E-state index is 14.3. The van der Waals surface area contributed by atoms with Crippen LogP contribution in [0, 0.1) is 12.7 Å². The first-order valence-corrected chi connectivity index (χ1v) is 12.4. The summed E-state index contributed by atoms with van der Waals surface area (Å²) in [4.78, 5) is 34.8. The molecule has 0 spiro atoms. The van der Waals surface area contributed by atoms with Crippen LogP contribution in [0.5, 0.6) is 0 Å². The van der Waals surface area contributed by atoms with Crippen LogP contribution < -0.4 is 11.1 Å². The highest BCUT2D eigenvalue weighted by atomic mass is 35.5. The molecule has 0 saturated heterocycles. The molecule has 3 N–H and O–H groups in total. The van der Waals surface area contributed by atoms with Gasteiger partial charge in [0.05, 0.1) is 22.0 Å². The molecule has 1 atom stereocenters. The molecule has 12 heteroatoms. The number of oxime groups is 1. The number of benzene rings is 2. The number of primary amides is 1. The van der Waals surface area contributed by atoms with E-state index in [0.29, 0.717) is 11.1 Å². The van der Waals surface area contributed by atoms with E-state index in [2.05, 4.69) is 15.5 Å². The van der Waals surface area contributed by atoms with Crippen LogP contribution >= 0.6 is 22.9 Å². The van der Waals surface area contributed by atoms with E-state index in [1.165, 1.54) is 24.3 Å². The predicted molar refractivity (Wildman–Crippen MR) is 139 cm³/mol. The summed E-state index contributed by atoms with van der Waals surface area (Å²) in [6, 6.07) is 12.5. The van der Waals surface area contributed by atoms with Crippen LogP contribution in [0.15, 0.2) is 53.7 Å². The molecule has 4 aromatic rings. The highest BCUT2D eigenvalue weighted by Gasteiger charge is 2.33. The van der Waals surface area contributed by atoms with Crippen molar-refractivity contribution in [1.82, 2.24) is 4.98 Å². The molecule has 0 radical (unpaired) electrons. The van der Waals surface area contributed by atoms with E-state index in [9.17, 15) is 22.8 Å². The van der Waals surface area contributed by atoms with Gasteiger partial charge in [-0.05, 0) is 36.2 Å². The zero-order valence-corrected chi connectivity index (χ0v) is 21.2. The SMILES string of the molecule is Cc1ccc(-c2cc(C(F)F)nc3sc(C(N)=O)c(NC(=O)C4CC(c5c(F)cccc5Cl)=NO4)c23)cc1. The summed E-state index contributed by atoms with van der Waals surface area (Å²) >= 11 is 6.90. The quantitative estimate of drug-likeness (QED) is 0.292. The van der Waals surface area contributed by atoms with Crippen molar-refractivity contribution in [1.29, 1.82) is 0 Å². The van der Waals surface area contributed by atoms with Crippen molar-refractivity contribution in [3.05, 3.63) is 81.1 Å². The number of hydrogen-bond acceptors (Lipinski definition) is 6. The number of nitrogens with zero attached hydrogens (tertiary/aromatic N) is 2. The molecule has 5 rings (SSSR count). The Bertz CT molecular complexity index is 1600. The van der Waals surface area contributed by atoms with Crippen LogP contribution in [0.3, 0.4) is 0 Å². The average molecular weight is 559 g/mol. The molecule has 0 bridgehead atoms. The van der Waals surface area contributed by atoms with Gasteiger partial charge in [0.2, 0.25) is 6.10 Å². The Hall–Kier alpha value is -3.96. The number of halogens is 4. The lowest BCUT2D eigenvalue weighted by atomic mass is 10.00. The van der Waals surface area contributed by atoms with Gasteiger partial charge in [0.15, 0.2) is 0 Å². The summed E-state index contributed by atoms with van der Waals surface area (Å²) < 4.78 is 41.7. The van der Waals surface area contributed by atoms with Crippen LogP contribution in [-0.4, -0.2) is 28.6 Å². The van der Waals surface area contributed by atoms with Crippen molar-refractivity contribution in [2.45, 2.75) is 25.9 Å². The van der Waals surface area contributed by atoms with Crippen LogP contribution in [0.25, 0.3) is 21.3 Å². The summed E-state index contributed by atoms with van der Waals surface area (Å²) in [5.41, 5.74) is 7.15. The normalized spacial score (nSPS) is 15.0. The van der Waals surface area contributed by atoms with Crippen molar-refractivity contribution in [3.8, 4) is 11.1 Å². The fraction of sp³-hybridized carbons (Fsp3) is 0.154. The van der Waals surface area contributed by atoms with Crippen LogP contribution in [0.4, 0.5) is 18.9 Å². The van der Waals surface area contributed by atoms with Crippen LogP contribution in [0.1, 0.15) is 39.3 Å². The molecule has 38 heavy (non-hydrogen) atoms. The van der Waals surface area contributed by atoms with Crippen molar-refractivity contribution in [2.75, 3.05) is 5.32 Å². The summed E-state index contributed by atoms with van der Waals surface area (Å²) in [6.07, 6.45) is -4.14. The minimum Gasteiger partial charge on any atom is -0.382 e. The Labute approximate surface area is 223 Å². The average Bonchev–Trinajstić information content (AvgIpc) is 3.49. The summed E-state index contributed by atoms with van der Waals surface area (Å²) in [7, 11) is 0. The van der Waals surface area contributed by atoms with E-state index in [-0.39, 0.29) is 43.5 Å². The fourth-order valence-electron chi connectivity index (χ4n) is 4.13. The molecule has 2 aromatic heterocycles. The second kappa shape index (κ2) is 10.1. The number of pyridine rings is 1. The number of aromatic nitrogens is 1. The number of carbonyl (C=O) groups is 2.